The standard InChI is InChI=1S/C30H26N4O6/c1-17-15-26(34-40-17)33-29(35)18(2)39-30(36)21-9-14-24-25(16-21)32-28(20-7-12-23(38-4)13-8-20)27(31-24)19-5-10-22(37-3)11-6-19/h5-16,18H,1-4H3,(H,33,34,35). The van der Waals surface area contributed by atoms with Gasteiger partial charge in [-0.1, -0.05) is 5.16 Å². The molecule has 202 valence electrons. The van der Waals surface area contributed by atoms with E-state index in [-0.39, 0.29) is 11.4 Å². The molecule has 10 nitrogen and oxygen atoms in total. The fraction of sp³-hybridized carbons (Fsp3) is 0.167. The predicted molar refractivity (Wildman–Crippen MR) is 148 cm³/mol. The zero-order valence-electron chi connectivity index (χ0n) is 22.3. The molecule has 10 heteroatoms. The first-order valence-electron chi connectivity index (χ1n) is 12.4. The Bertz CT molecular complexity index is 1680. The summed E-state index contributed by atoms with van der Waals surface area (Å²) in [6.45, 7) is 3.18. The molecule has 0 bridgehead atoms. The topological polar surface area (TPSA) is 126 Å². The van der Waals surface area contributed by atoms with Gasteiger partial charge in [-0.3, -0.25) is 4.79 Å². The highest BCUT2D eigenvalue weighted by Gasteiger charge is 2.21. The average molecular weight is 539 g/mol. The van der Waals surface area contributed by atoms with Crippen LogP contribution in [0.1, 0.15) is 23.0 Å². The second-order valence-electron chi connectivity index (χ2n) is 8.94. The Morgan fingerprint density at radius 1 is 0.800 bits per heavy atom. The minimum Gasteiger partial charge on any atom is -0.497 e. The molecule has 0 aliphatic rings. The Hall–Kier alpha value is -5.25. The van der Waals surface area contributed by atoms with Crippen molar-refractivity contribution in [1.82, 2.24) is 15.1 Å². The van der Waals surface area contributed by atoms with Gasteiger partial charge in [-0.15, -0.1) is 0 Å². The highest BCUT2D eigenvalue weighted by molar-refractivity contribution is 5.98. The van der Waals surface area contributed by atoms with Crippen molar-refractivity contribution >= 4 is 28.7 Å². The van der Waals surface area contributed by atoms with Crippen LogP contribution in [0, 0.1) is 6.92 Å². The van der Waals surface area contributed by atoms with Crippen LogP contribution in [0.15, 0.2) is 77.3 Å². The second kappa shape index (κ2) is 11.2. The number of hydrogen-bond donors (Lipinski definition) is 1. The third kappa shape index (κ3) is 5.60. The quantitative estimate of drug-likeness (QED) is 0.256. The number of methoxy groups -OCH3 is 2. The summed E-state index contributed by atoms with van der Waals surface area (Å²) < 4.78 is 20.9. The van der Waals surface area contributed by atoms with E-state index in [1.807, 2.05) is 48.5 Å². The zero-order valence-corrected chi connectivity index (χ0v) is 22.3. The molecule has 1 amide bonds. The van der Waals surface area contributed by atoms with E-state index in [9.17, 15) is 9.59 Å². The monoisotopic (exact) mass is 538 g/mol. The van der Waals surface area contributed by atoms with Crippen molar-refractivity contribution in [2.24, 2.45) is 0 Å². The number of nitrogens with zero attached hydrogens (tertiary/aromatic N) is 3. The van der Waals surface area contributed by atoms with E-state index in [0.29, 0.717) is 33.9 Å². The molecule has 1 N–H and O–H groups in total. The molecule has 5 rings (SSSR count). The van der Waals surface area contributed by atoms with E-state index in [0.717, 1.165) is 16.9 Å². The third-order valence-electron chi connectivity index (χ3n) is 6.16. The van der Waals surface area contributed by atoms with Crippen LogP contribution in [-0.4, -0.2) is 47.3 Å². The van der Waals surface area contributed by atoms with Crippen molar-refractivity contribution in [1.29, 1.82) is 0 Å². The van der Waals surface area contributed by atoms with Crippen molar-refractivity contribution in [2.75, 3.05) is 19.5 Å². The first-order valence-corrected chi connectivity index (χ1v) is 12.4. The van der Waals surface area contributed by atoms with Gasteiger partial charge in [0.25, 0.3) is 5.91 Å². The summed E-state index contributed by atoms with van der Waals surface area (Å²) in [7, 11) is 3.22. The van der Waals surface area contributed by atoms with E-state index in [2.05, 4.69) is 10.5 Å². The molecule has 0 saturated carbocycles. The number of amides is 1. The van der Waals surface area contributed by atoms with Gasteiger partial charge in [0, 0.05) is 17.2 Å². The summed E-state index contributed by atoms with van der Waals surface area (Å²) in [5.74, 6) is 1.02. The number of carbonyl (C=O) groups excluding carboxylic acids is 2. The lowest BCUT2D eigenvalue weighted by atomic mass is 10.0. The van der Waals surface area contributed by atoms with Crippen molar-refractivity contribution in [3.8, 4) is 34.0 Å². The van der Waals surface area contributed by atoms with Crippen LogP contribution in [0.5, 0.6) is 11.5 Å². The molecule has 0 fully saturated rings. The van der Waals surface area contributed by atoms with E-state index in [1.165, 1.54) is 6.92 Å². The highest BCUT2D eigenvalue weighted by Crippen LogP contribution is 2.33. The normalized spacial score (nSPS) is 11.6. The number of aryl methyl sites for hydroxylation is 1. The summed E-state index contributed by atoms with van der Waals surface area (Å²) in [6.07, 6.45) is -1.07. The zero-order chi connectivity index (χ0) is 28.2. The second-order valence-corrected chi connectivity index (χ2v) is 8.94. The maximum absolute atomic E-state index is 12.9. The lowest BCUT2D eigenvalue weighted by molar-refractivity contribution is -0.123. The molecule has 1 unspecified atom stereocenters. The fourth-order valence-corrected chi connectivity index (χ4v) is 4.02. The van der Waals surface area contributed by atoms with Gasteiger partial charge in [0.1, 0.15) is 17.3 Å². The SMILES string of the molecule is COc1ccc(-c2nc3ccc(C(=O)OC(C)C(=O)Nc4cc(C)on4)cc3nc2-c2ccc(OC)cc2)cc1. The summed E-state index contributed by atoms with van der Waals surface area (Å²) in [5, 5.41) is 6.27. The van der Waals surface area contributed by atoms with Crippen LogP contribution in [0.2, 0.25) is 0 Å². The number of ether oxygens (including phenoxy) is 3. The number of benzene rings is 3. The van der Waals surface area contributed by atoms with Crippen molar-refractivity contribution in [3.63, 3.8) is 0 Å². The van der Waals surface area contributed by atoms with Crippen LogP contribution >= 0.6 is 0 Å². The molecule has 5 aromatic rings. The Morgan fingerprint density at radius 3 is 1.90 bits per heavy atom. The average Bonchev–Trinajstić information content (AvgIpc) is 3.40. The van der Waals surface area contributed by atoms with Gasteiger partial charge in [-0.25, -0.2) is 14.8 Å². The van der Waals surface area contributed by atoms with Crippen LogP contribution in [0.25, 0.3) is 33.5 Å². The molecular weight excluding hydrogens is 512 g/mol. The summed E-state index contributed by atoms with van der Waals surface area (Å²) >= 11 is 0. The number of esters is 1. The van der Waals surface area contributed by atoms with Crippen LogP contribution in [0.3, 0.4) is 0 Å². The lowest BCUT2D eigenvalue weighted by Gasteiger charge is -2.14. The van der Waals surface area contributed by atoms with Gasteiger partial charge in [0.2, 0.25) is 0 Å². The molecule has 0 aliphatic carbocycles. The van der Waals surface area contributed by atoms with Crippen molar-refractivity contribution < 1.29 is 28.3 Å². The van der Waals surface area contributed by atoms with Crippen LogP contribution in [0.4, 0.5) is 5.82 Å². The molecule has 0 saturated heterocycles. The van der Waals surface area contributed by atoms with Gasteiger partial charge in [-0.2, -0.15) is 0 Å². The molecule has 0 radical (unpaired) electrons. The first-order chi connectivity index (χ1) is 19.3. The summed E-state index contributed by atoms with van der Waals surface area (Å²) in [6, 6.07) is 21.5. The molecule has 3 aromatic carbocycles. The Labute approximate surface area is 229 Å². The molecule has 2 aromatic heterocycles. The molecule has 40 heavy (non-hydrogen) atoms. The van der Waals surface area contributed by atoms with Crippen LogP contribution < -0.4 is 14.8 Å². The largest absolute Gasteiger partial charge is 0.497 e. The van der Waals surface area contributed by atoms with Gasteiger partial charge >= 0.3 is 5.97 Å². The van der Waals surface area contributed by atoms with Crippen LogP contribution in [-0.2, 0) is 9.53 Å². The summed E-state index contributed by atoms with van der Waals surface area (Å²) in [5.41, 5.74) is 4.29. The fourth-order valence-electron chi connectivity index (χ4n) is 4.02. The predicted octanol–water partition coefficient (Wildman–Crippen LogP) is 5.46. The number of nitrogens with one attached hydrogen (secondary N) is 1. The molecular formula is C30H26N4O6. The minimum atomic E-state index is -1.07. The maximum atomic E-state index is 12.9. The van der Waals surface area contributed by atoms with E-state index >= 15 is 0 Å². The Kier molecular flexibility index (Phi) is 7.41. The van der Waals surface area contributed by atoms with Gasteiger partial charge < -0.3 is 24.1 Å². The lowest BCUT2D eigenvalue weighted by Crippen LogP contribution is -2.30. The number of hydrogen-bond acceptors (Lipinski definition) is 9. The summed E-state index contributed by atoms with van der Waals surface area (Å²) in [4.78, 5) is 35.2. The number of fused-ring (bicyclic) bond motifs is 1. The van der Waals surface area contributed by atoms with Gasteiger partial charge in [0.15, 0.2) is 11.9 Å². The van der Waals surface area contributed by atoms with Crippen molar-refractivity contribution in [2.45, 2.75) is 20.0 Å². The molecule has 0 aliphatic heterocycles. The van der Waals surface area contributed by atoms with E-state index < -0.39 is 18.0 Å². The van der Waals surface area contributed by atoms with Crippen molar-refractivity contribution in [3.05, 3.63) is 84.1 Å². The molecule has 2 heterocycles. The Morgan fingerprint density at radius 2 is 1.38 bits per heavy atom. The highest BCUT2D eigenvalue weighted by atomic mass is 16.5. The molecule has 1 atom stereocenters. The first kappa shape index (κ1) is 26.4. The van der Waals surface area contributed by atoms with E-state index in [1.54, 1.807) is 45.4 Å². The van der Waals surface area contributed by atoms with Gasteiger partial charge in [0.05, 0.1) is 42.2 Å². The molecule has 0 spiro atoms. The number of aromatic nitrogens is 3. The number of carbonyl (C=O) groups is 2. The third-order valence-corrected chi connectivity index (χ3v) is 6.16. The maximum Gasteiger partial charge on any atom is 0.338 e. The smallest absolute Gasteiger partial charge is 0.338 e. The number of anilines is 1. The minimum absolute atomic E-state index is 0.233. The van der Waals surface area contributed by atoms with Gasteiger partial charge in [-0.05, 0) is 80.6 Å². The Balaban J connectivity index is 1.47. The van der Waals surface area contributed by atoms with E-state index in [4.69, 9.17) is 28.7 Å². The number of rotatable bonds is 8.